The predicted molar refractivity (Wildman–Crippen MR) is 97.0 cm³/mol. The molecule has 0 amide bonds. The normalized spacial score (nSPS) is 8.71. The van der Waals surface area contributed by atoms with Crippen molar-refractivity contribution in [1.82, 2.24) is 0 Å². The van der Waals surface area contributed by atoms with Crippen LogP contribution in [0.15, 0.2) is 24.3 Å². The Kier molecular flexibility index (Phi) is 42.0. The van der Waals surface area contributed by atoms with Gasteiger partial charge in [-0.25, -0.2) is 0 Å². The molecule has 0 aromatic heterocycles. The number of aliphatic hydroxyl groups excluding tert-OH is 3. The summed E-state index contributed by atoms with van der Waals surface area (Å²) in [7, 11) is 0. The van der Waals surface area contributed by atoms with Gasteiger partial charge in [0, 0.05) is 46.0 Å². The van der Waals surface area contributed by atoms with E-state index in [4.69, 9.17) is 15.3 Å². The molecule has 0 atom stereocenters. The molecular formula is C17H35F2GeO3Zr-. The molecule has 144 valence electrons. The summed E-state index contributed by atoms with van der Waals surface area (Å²) >= 11 is -3.89. The first-order chi connectivity index (χ1) is 11.0. The topological polar surface area (TPSA) is 60.7 Å². The molecule has 1 aromatic rings. The summed E-state index contributed by atoms with van der Waals surface area (Å²) in [5, 5.41) is 24.2. The number of rotatable bonds is 7. The molecule has 3 nitrogen and oxygen atoms in total. The average molecular weight is 489 g/mol. The molecule has 0 aliphatic rings. The Balaban J connectivity index is -0.000000113. The second-order valence-electron chi connectivity index (χ2n) is 4.75. The first-order valence-electron chi connectivity index (χ1n) is 8.37. The summed E-state index contributed by atoms with van der Waals surface area (Å²) < 4.78 is 23.9. The van der Waals surface area contributed by atoms with E-state index in [2.05, 4.69) is 20.8 Å². The Morgan fingerprint density at radius 3 is 1.12 bits per heavy atom. The third-order valence-corrected chi connectivity index (χ3v) is 4.34. The zero-order valence-corrected chi connectivity index (χ0v) is 20.2. The van der Waals surface area contributed by atoms with Gasteiger partial charge >= 0.3 is 50.9 Å². The smallest absolute Gasteiger partial charge is 0 e. The van der Waals surface area contributed by atoms with Crippen LogP contribution in [0.25, 0.3) is 0 Å². The van der Waals surface area contributed by atoms with E-state index < -0.39 is 15.3 Å². The van der Waals surface area contributed by atoms with Crippen molar-refractivity contribution in [3.8, 4) is 0 Å². The van der Waals surface area contributed by atoms with Crippen LogP contribution in [0.1, 0.15) is 59.3 Å². The van der Waals surface area contributed by atoms with Crippen LogP contribution in [0.4, 0.5) is 7.00 Å². The third kappa shape index (κ3) is 34.0. The molecular weight excluding hydrogens is 454 g/mol. The number of hydrogen-bond acceptors (Lipinski definition) is 3. The van der Waals surface area contributed by atoms with Gasteiger partial charge in [0.25, 0.3) is 0 Å². The number of halogens is 2. The monoisotopic (exact) mass is 489 g/mol. The summed E-state index contributed by atoms with van der Waals surface area (Å²) in [4.78, 5) is 0. The van der Waals surface area contributed by atoms with Gasteiger partial charge in [-0.1, -0.05) is 40.0 Å². The van der Waals surface area contributed by atoms with Crippen molar-refractivity contribution in [3.05, 3.63) is 24.3 Å². The summed E-state index contributed by atoms with van der Waals surface area (Å²) in [5.41, 5.74) is 0. The molecule has 0 bridgehead atoms. The van der Waals surface area contributed by atoms with Crippen LogP contribution < -0.4 is 4.40 Å². The molecule has 0 fully saturated rings. The molecule has 0 saturated heterocycles. The molecule has 0 aliphatic carbocycles. The molecule has 0 spiro atoms. The summed E-state index contributed by atoms with van der Waals surface area (Å²) in [6, 6.07) is 6.27. The third-order valence-electron chi connectivity index (χ3n) is 2.48. The van der Waals surface area contributed by atoms with Gasteiger partial charge in [0.05, 0.1) is 0 Å². The summed E-state index contributed by atoms with van der Waals surface area (Å²) in [5.74, 6) is 0. The van der Waals surface area contributed by atoms with E-state index in [0.717, 1.165) is 38.5 Å². The van der Waals surface area contributed by atoms with Gasteiger partial charge in [0.2, 0.25) is 0 Å². The Morgan fingerprint density at radius 1 is 0.750 bits per heavy atom. The van der Waals surface area contributed by atoms with Crippen molar-refractivity contribution in [2.45, 2.75) is 59.3 Å². The van der Waals surface area contributed by atoms with Crippen molar-refractivity contribution in [2.75, 3.05) is 19.8 Å². The summed E-state index contributed by atoms with van der Waals surface area (Å²) in [6.45, 7) is 7.19. The molecule has 0 unspecified atom stereocenters. The zero-order chi connectivity index (χ0) is 18.3. The van der Waals surface area contributed by atoms with Gasteiger partial charge in [0.15, 0.2) is 0 Å². The van der Waals surface area contributed by atoms with Gasteiger partial charge in [0.1, 0.15) is 0 Å². The molecule has 3 N–H and O–H groups in total. The maximum absolute atomic E-state index is 11.8. The minimum absolute atomic E-state index is 0. The van der Waals surface area contributed by atoms with Crippen molar-refractivity contribution >= 4 is 19.7 Å². The minimum atomic E-state index is -3.89. The van der Waals surface area contributed by atoms with Crippen LogP contribution >= 0.6 is 0 Å². The SMILES string of the molecule is CCCCO.CCCCO.CCCCO.[F][GeH]([F])[c-]1cccc1.[Zr]. The molecule has 0 aliphatic heterocycles. The minimum Gasteiger partial charge on any atom is 0 e. The van der Waals surface area contributed by atoms with Crippen LogP contribution in [-0.2, 0) is 26.2 Å². The molecule has 7 heteroatoms. The molecule has 24 heavy (non-hydrogen) atoms. The van der Waals surface area contributed by atoms with Crippen molar-refractivity contribution in [1.29, 1.82) is 0 Å². The van der Waals surface area contributed by atoms with Crippen LogP contribution in [0.5, 0.6) is 0 Å². The second-order valence-corrected chi connectivity index (χ2v) is 7.41. The Hall–Kier alpha value is 0.516. The van der Waals surface area contributed by atoms with Gasteiger partial charge in [-0.05, 0) is 19.3 Å². The van der Waals surface area contributed by atoms with Gasteiger partial charge in [-0.2, -0.15) is 0 Å². The maximum atomic E-state index is 11.8. The van der Waals surface area contributed by atoms with Crippen LogP contribution in [-0.4, -0.2) is 50.4 Å². The number of hydrogen-bond donors (Lipinski definition) is 3. The zero-order valence-electron chi connectivity index (χ0n) is 15.3. The van der Waals surface area contributed by atoms with Gasteiger partial charge in [-0.15, -0.1) is 0 Å². The average Bonchev–Trinajstić information content (AvgIpc) is 3.06. The maximum Gasteiger partial charge on any atom is 0 e. The fourth-order valence-corrected chi connectivity index (χ4v) is 2.09. The quantitative estimate of drug-likeness (QED) is 0.408. The predicted octanol–water partition coefficient (Wildman–Crippen LogP) is 3.11. The molecule has 0 saturated carbocycles. The summed E-state index contributed by atoms with van der Waals surface area (Å²) in [6.07, 6.45) is 6.11. The largest absolute Gasteiger partial charge is 0 e. The molecule has 1 rings (SSSR count). The van der Waals surface area contributed by atoms with Gasteiger partial charge in [-0.3, -0.25) is 0 Å². The van der Waals surface area contributed by atoms with E-state index in [1.807, 2.05) is 0 Å². The van der Waals surface area contributed by atoms with Crippen LogP contribution in [0, 0.1) is 0 Å². The van der Waals surface area contributed by atoms with Crippen molar-refractivity contribution in [2.24, 2.45) is 0 Å². The van der Waals surface area contributed by atoms with E-state index in [9.17, 15) is 7.00 Å². The van der Waals surface area contributed by atoms with Crippen LogP contribution in [0.3, 0.4) is 0 Å². The van der Waals surface area contributed by atoms with E-state index in [1.54, 1.807) is 12.1 Å². The number of aliphatic hydroxyl groups is 3. The number of unbranched alkanes of at least 4 members (excludes halogenated alkanes) is 3. The van der Waals surface area contributed by atoms with E-state index in [1.165, 1.54) is 12.1 Å². The first-order valence-corrected chi connectivity index (χ1v) is 11.4. The molecule has 0 heterocycles. The van der Waals surface area contributed by atoms with Crippen LogP contribution in [0.2, 0.25) is 0 Å². The fourth-order valence-electron chi connectivity index (χ4n) is 1.01. The first kappa shape index (κ1) is 32.2. The second kappa shape index (κ2) is 31.3. The van der Waals surface area contributed by atoms with E-state index >= 15 is 0 Å². The Morgan fingerprint density at radius 2 is 1.04 bits per heavy atom. The standard InChI is InChI=1S/C5H5F2Ge.3C4H10O.Zr/c6-8(7)5-3-1-2-4-5;3*1-2-3-4-5;/h1-4,8H;3*5H,2-4H2,1H3;/q-1;;;;. The van der Waals surface area contributed by atoms with Crippen molar-refractivity contribution in [3.63, 3.8) is 0 Å². The van der Waals surface area contributed by atoms with E-state index in [0.29, 0.717) is 19.8 Å². The van der Waals surface area contributed by atoms with Crippen molar-refractivity contribution < 1.29 is 48.5 Å². The van der Waals surface area contributed by atoms with E-state index in [-0.39, 0.29) is 30.6 Å². The molecule has 1 aromatic carbocycles. The Labute approximate surface area is 171 Å². The Bertz CT molecular complexity index is 257. The van der Waals surface area contributed by atoms with Gasteiger partial charge < -0.3 is 15.3 Å². The molecule has 0 radical (unpaired) electrons. The fraction of sp³-hybridized carbons (Fsp3) is 0.706.